The number of aryl methyl sites for hydroxylation is 1. The zero-order valence-electron chi connectivity index (χ0n) is 17.4. The summed E-state index contributed by atoms with van der Waals surface area (Å²) in [5.41, 5.74) is 3.89. The third kappa shape index (κ3) is 5.02. The molecule has 0 saturated carbocycles. The lowest BCUT2D eigenvalue weighted by Crippen LogP contribution is -2.28. The predicted molar refractivity (Wildman–Crippen MR) is 106 cm³/mol. The van der Waals surface area contributed by atoms with Gasteiger partial charge in [0.2, 0.25) is 5.91 Å². The number of amides is 1. The van der Waals surface area contributed by atoms with Crippen LogP contribution >= 0.6 is 0 Å². The van der Waals surface area contributed by atoms with E-state index >= 15 is 0 Å². The number of aromatic nitrogens is 2. The maximum atomic E-state index is 12.6. The Morgan fingerprint density at radius 3 is 2.48 bits per heavy atom. The van der Waals surface area contributed by atoms with E-state index in [4.69, 9.17) is 9.47 Å². The predicted octanol–water partition coefficient (Wildman–Crippen LogP) is 3.59. The third-order valence-electron chi connectivity index (χ3n) is 4.69. The van der Waals surface area contributed by atoms with Crippen molar-refractivity contribution in [3.05, 3.63) is 40.7 Å². The van der Waals surface area contributed by atoms with Gasteiger partial charge in [0.25, 0.3) is 0 Å². The number of benzene rings is 1. The van der Waals surface area contributed by atoms with Crippen molar-refractivity contribution in [1.82, 2.24) is 15.1 Å². The van der Waals surface area contributed by atoms with Crippen LogP contribution in [0.2, 0.25) is 0 Å². The van der Waals surface area contributed by atoms with Crippen molar-refractivity contribution in [3.63, 3.8) is 0 Å². The first kappa shape index (κ1) is 20.8. The summed E-state index contributed by atoms with van der Waals surface area (Å²) in [6.07, 6.45) is 0.318. The molecule has 6 heteroatoms. The van der Waals surface area contributed by atoms with E-state index in [1.54, 1.807) is 14.2 Å². The normalized spacial score (nSPS) is 12.1. The number of ether oxygens (including phenoxy) is 2. The number of nitrogens with zero attached hydrogens (tertiary/aromatic N) is 2. The lowest BCUT2D eigenvalue weighted by molar-refractivity contribution is -0.121. The van der Waals surface area contributed by atoms with E-state index in [0.29, 0.717) is 18.1 Å². The first-order chi connectivity index (χ1) is 12.8. The van der Waals surface area contributed by atoms with Crippen molar-refractivity contribution in [2.24, 2.45) is 5.92 Å². The summed E-state index contributed by atoms with van der Waals surface area (Å²) in [6.45, 7) is 11.1. The second-order valence-corrected chi connectivity index (χ2v) is 7.30. The third-order valence-corrected chi connectivity index (χ3v) is 4.69. The van der Waals surface area contributed by atoms with Gasteiger partial charge in [0.1, 0.15) is 11.5 Å². The number of hydrogen-bond acceptors (Lipinski definition) is 4. The molecule has 0 bridgehead atoms. The highest BCUT2D eigenvalue weighted by Crippen LogP contribution is 2.29. The van der Waals surface area contributed by atoms with Crippen LogP contribution in [0.5, 0.6) is 11.5 Å². The second kappa shape index (κ2) is 8.93. The molecule has 0 aliphatic heterocycles. The maximum Gasteiger partial charge on any atom is 0.225 e. The van der Waals surface area contributed by atoms with Crippen molar-refractivity contribution in [1.29, 1.82) is 0 Å². The van der Waals surface area contributed by atoms with Crippen molar-refractivity contribution in [2.45, 2.75) is 53.6 Å². The lowest BCUT2D eigenvalue weighted by Gasteiger charge is -2.18. The summed E-state index contributed by atoms with van der Waals surface area (Å²) in [4.78, 5) is 12.6. The van der Waals surface area contributed by atoms with Gasteiger partial charge in [-0.1, -0.05) is 13.8 Å². The number of rotatable bonds is 8. The van der Waals surface area contributed by atoms with Gasteiger partial charge in [-0.3, -0.25) is 9.48 Å². The Labute approximate surface area is 161 Å². The number of nitrogens with one attached hydrogen (secondary N) is 1. The topological polar surface area (TPSA) is 65.4 Å². The molecule has 1 aromatic heterocycles. The Morgan fingerprint density at radius 2 is 1.89 bits per heavy atom. The summed E-state index contributed by atoms with van der Waals surface area (Å²) in [7, 11) is 3.23. The van der Waals surface area contributed by atoms with Crippen LogP contribution < -0.4 is 14.8 Å². The van der Waals surface area contributed by atoms with Crippen LogP contribution in [0.1, 0.15) is 49.3 Å². The Kier molecular flexibility index (Phi) is 6.88. The molecule has 1 heterocycles. The first-order valence-electron chi connectivity index (χ1n) is 9.31. The molecule has 148 valence electrons. The van der Waals surface area contributed by atoms with E-state index in [-0.39, 0.29) is 11.9 Å². The Hall–Kier alpha value is -2.50. The van der Waals surface area contributed by atoms with E-state index in [2.05, 4.69) is 24.3 Å². The van der Waals surface area contributed by atoms with Crippen LogP contribution in [-0.4, -0.2) is 29.9 Å². The van der Waals surface area contributed by atoms with Crippen LogP contribution in [0, 0.1) is 19.8 Å². The maximum absolute atomic E-state index is 12.6. The summed E-state index contributed by atoms with van der Waals surface area (Å²) in [6, 6.07) is 5.43. The highest BCUT2D eigenvalue weighted by atomic mass is 16.5. The van der Waals surface area contributed by atoms with Crippen LogP contribution in [0.15, 0.2) is 18.2 Å². The minimum atomic E-state index is -0.176. The van der Waals surface area contributed by atoms with Crippen molar-refractivity contribution < 1.29 is 14.3 Å². The molecule has 0 spiro atoms. The SMILES string of the molecule is COc1ccc(C(C)NC(=O)Cc2c(C)nn(CC(C)C)c2C)c(OC)c1. The Balaban J connectivity index is 2.11. The van der Waals surface area contributed by atoms with E-state index < -0.39 is 0 Å². The molecule has 1 amide bonds. The van der Waals surface area contributed by atoms with Crippen LogP contribution in [-0.2, 0) is 17.8 Å². The van der Waals surface area contributed by atoms with Crippen molar-refractivity contribution in [3.8, 4) is 11.5 Å². The Morgan fingerprint density at radius 1 is 1.19 bits per heavy atom. The molecule has 1 aromatic carbocycles. The van der Waals surface area contributed by atoms with Crippen molar-refractivity contribution in [2.75, 3.05) is 14.2 Å². The van der Waals surface area contributed by atoms with Gasteiger partial charge in [-0.25, -0.2) is 0 Å². The zero-order chi connectivity index (χ0) is 20.1. The van der Waals surface area contributed by atoms with Gasteiger partial charge in [-0.15, -0.1) is 0 Å². The summed E-state index contributed by atoms with van der Waals surface area (Å²) >= 11 is 0. The van der Waals surface area contributed by atoms with Gasteiger partial charge in [0, 0.05) is 29.4 Å². The van der Waals surface area contributed by atoms with Gasteiger partial charge >= 0.3 is 0 Å². The molecule has 0 aliphatic carbocycles. The van der Waals surface area contributed by atoms with Gasteiger partial charge < -0.3 is 14.8 Å². The van der Waals surface area contributed by atoms with E-state index in [1.165, 1.54) is 0 Å². The standard InChI is InChI=1S/C21H31N3O3/c1-13(2)12-24-16(5)19(15(4)23-24)11-21(25)22-14(3)18-9-8-17(26-6)10-20(18)27-7/h8-10,13-14H,11-12H2,1-7H3,(H,22,25). The molecule has 2 rings (SSSR count). The summed E-state index contributed by atoms with van der Waals surface area (Å²) in [5.74, 6) is 1.89. The van der Waals surface area contributed by atoms with Crippen LogP contribution in [0.4, 0.5) is 0 Å². The molecule has 0 saturated heterocycles. The molecule has 2 aromatic rings. The summed E-state index contributed by atoms with van der Waals surface area (Å²) < 4.78 is 12.7. The highest BCUT2D eigenvalue weighted by molar-refractivity contribution is 5.79. The molecule has 0 aliphatic rings. The van der Waals surface area contributed by atoms with E-state index in [0.717, 1.165) is 34.8 Å². The van der Waals surface area contributed by atoms with Gasteiger partial charge in [0.05, 0.1) is 32.4 Å². The minimum absolute atomic E-state index is 0.0318. The lowest BCUT2D eigenvalue weighted by atomic mass is 10.1. The fraction of sp³-hybridized carbons (Fsp3) is 0.524. The summed E-state index contributed by atoms with van der Waals surface area (Å²) in [5, 5.41) is 7.65. The smallest absolute Gasteiger partial charge is 0.225 e. The molecule has 0 radical (unpaired) electrons. The number of hydrogen-bond donors (Lipinski definition) is 1. The van der Waals surface area contributed by atoms with Gasteiger partial charge in [0.15, 0.2) is 0 Å². The minimum Gasteiger partial charge on any atom is -0.497 e. The molecule has 0 fully saturated rings. The second-order valence-electron chi connectivity index (χ2n) is 7.30. The highest BCUT2D eigenvalue weighted by Gasteiger charge is 2.19. The molecule has 6 nitrogen and oxygen atoms in total. The molecule has 27 heavy (non-hydrogen) atoms. The average molecular weight is 373 g/mol. The van der Waals surface area contributed by atoms with Crippen LogP contribution in [0.25, 0.3) is 0 Å². The van der Waals surface area contributed by atoms with E-state index in [1.807, 2.05) is 43.7 Å². The molecule has 1 unspecified atom stereocenters. The molecule has 1 N–H and O–H groups in total. The molecular weight excluding hydrogens is 342 g/mol. The Bertz CT molecular complexity index is 796. The van der Waals surface area contributed by atoms with E-state index in [9.17, 15) is 4.79 Å². The largest absolute Gasteiger partial charge is 0.497 e. The first-order valence-corrected chi connectivity index (χ1v) is 9.31. The van der Waals surface area contributed by atoms with Gasteiger partial charge in [-0.05, 0) is 38.8 Å². The fourth-order valence-electron chi connectivity index (χ4n) is 3.22. The fourth-order valence-corrected chi connectivity index (χ4v) is 3.22. The monoisotopic (exact) mass is 373 g/mol. The number of methoxy groups -OCH3 is 2. The van der Waals surface area contributed by atoms with Gasteiger partial charge in [-0.2, -0.15) is 5.10 Å². The average Bonchev–Trinajstić information content (AvgIpc) is 2.87. The van der Waals surface area contributed by atoms with Crippen molar-refractivity contribution >= 4 is 5.91 Å². The van der Waals surface area contributed by atoms with Crippen LogP contribution in [0.3, 0.4) is 0 Å². The zero-order valence-corrected chi connectivity index (χ0v) is 17.4. The quantitative estimate of drug-likeness (QED) is 0.768. The number of carbonyl (C=O) groups is 1. The molecular formula is C21H31N3O3. The molecule has 1 atom stereocenters. The number of carbonyl (C=O) groups excluding carboxylic acids is 1.